The average molecular weight is 337 g/mol. The van der Waals surface area contributed by atoms with Gasteiger partial charge in [0.1, 0.15) is 5.69 Å². The molecule has 7 heteroatoms. The molecule has 0 aliphatic carbocycles. The minimum Gasteiger partial charge on any atom is -0.331 e. The van der Waals surface area contributed by atoms with Gasteiger partial charge >= 0.3 is 6.03 Å². The predicted molar refractivity (Wildman–Crippen MR) is 95.8 cm³/mol. The second-order valence-corrected chi connectivity index (χ2v) is 5.70. The molecule has 0 aliphatic heterocycles. The molecule has 2 heterocycles. The number of benzene rings is 1. The van der Waals surface area contributed by atoms with Crippen molar-refractivity contribution in [2.45, 2.75) is 13.0 Å². The molecule has 0 radical (unpaired) electrons. The van der Waals surface area contributed by atoms with E-state index in [-0.39, 0.29) is 17.3 Å². The Labute approximate surface area is 144 Å². The maximum absolute atomic E-state index is 12.2. The van der Waals surface area contributed by atoms with Gasteiger partial charge < -0.3 is 15.2 Å². The Morgan fingerprint density at radius 3 is 2.76 bits per heavy atom. The molecule has 3 rings (SSSR count). The Bertz CT molecular complexity index is 931. The summed E-state index contributed by atoms with van der Waals surface area (Å²) in [5, 5.41) is 9.63. The number of anilines is 1. The van der Waals surface area contributed by atoms with Crippen LogP contribution in [0.1, 0.15) is 18.5 Å². The number of urea groups is 1. The van der Waals surface area contributed by atoms with Gasteiger partial charge in [-0.25, -0.2) is 9.48 Å². The third-order valence-electron chi connectivity index (χ3n) is 3.86. The summed E-state index contributed by atoms with van der Waals surface area (Å²) in [4.78, 5) is 24.1. The van der Waals surface area contributed by atoms with E-state index < -0.39 is 6.03 Å². The van der Waals surface area contributed by atoms with E-state index in [1.54, 1.807) is 36.3 Å². The first-order valence-corrected chi connectivity index (χ1v) is 7.88. The molecule has 7 nitrogen and oxygen atoms in total. The molecule has 0 saturated carbocycles. The Morgan fingerprint density at radius 2 is 2.00 bits per heavy atom. The maximum Gasteiger partial charge on any atom is 0.319 e. The molecule has 0 aliphatic rings. The summed E-state index contributed by atoms with van der Waals surface area (Å²) in [6, 6.07) is 12.2. The molecule has 0 fully saturated rings. The van der Waals surface area contributed by atoms with Crippen LogP contribution in [0.25, 0.3) is 5.69 Å². The molecule has 25 heavy (non-hydrogen) atoms. The number of carbonyl (C=O) groups excluding carboxylic acids is 1. The number of hydrogen-bond acceptors (Lipinski definition) is 3. The smallest absolute Gasteiger partial charge is 0.319 e. The summed E-state index contributed by atoms with van der Waals surface area (Å²) < 4.78 is 3.16. The zero-order valence-electron chi connectivity index (χ0n) is 14.0. The van der Waals surface area contributed by atoms with Gasteiger partial charge in [-0.05, 0) is 42.8 Å². The Balaban J connectivity index is 1.70. The summed E-state index contributed by atoms with van der Waals surface area (Å²) in [6.07, 6.45) is 5.20. The number of hydrogen-bond donors (Lipinski definition) is 2. The molecule has 0 spiro atoms. The quantitative estimate of drug-likeness (QED) is 0.767. The van der Waals surface area contributed by atoms with Gasteiger partial charge in [-0.15, -0.1) is 0 Å². The standard InChI is InChI=1S/C18H19N5O2/c1-13(14-6-3-7-15(12-14)23-11-5-9-19-23)20-18(25)21-16-8-4-10-22(2)17(16)24/h3-13H,1-2H3,(H2,20,21,25)/t13-/m1/s1. The van der Waals surface area contributed by atoms with Crippen LogP contribution in [0, 0.1) is 0 Å². The first-order valence-electron chi connectivity index (χ1n) is 7.88. The molecule has 128 valence electrons. The highest BCUT2D eigenvalue weighted by Crippen LogP contribution is 2.16. The Morgan fingerprint density at radius 1 is 1.16 bits per heavy atom. The van der Waals surface area contributed by atoms with Gasteiger partial charge in [0.25, 0.3) is 5.56 Å². The van der Waals surface area contributed by atoms with Crippen LogP contribution < -0.4 is 16.2 Å². The second-order valence-electron chi connectivity index (χ2n) is 5.70. The van der Waals surface area contributed by atoms with Gasteiger partial charge in [-0.1, -0.05) is 12.1 Å². The summed E-state index contributed by atoms with van der Waals surface area (Å²) in [5.74, 6) is 0. The van der Waals surface area contributed by atoms with Crippen molar-refractivity contribution < 1.29 is 4.79 Å². The largest absolute Gasteiger partial charge is 0.331 e. The minimum absolute atomic E-state index is 0.233. The third-order valence-corrected chi connectivity index (χ3v) is 3.86. The van der Waals surface area contributed by atoms with E-state index in [0.717, 1.165) is 11.3 Å². The van der Waals surface area contributed by atoms with Crippen LogP contribution >= 0.6 is 0 Å². The van der Waals surface area contributed by atoms with E-state index >= 15 is 0 Å². The zero-order chi connectivity index (χ0) is 17.8. The SMILES string of the molecule is C[C@@H](NC(=O)Nc1cccn(C)c1=O)c1cccc(-n2cccn2)c1. The molecule has 2 N–H and O–H groups in total. The molecule has 0 saturated heterocycles. The number of pyridine rings is 1. The molecule has 0 bridgehead atoms. The van der Waals surface area contributed by atoms with E-state index in [9.17, 15) is 9.59 Å². The molecule has 3 aromatic rings. The van der Waals surface area contributed by atoms with Crippen LogP contribution in [0.3, 0.4) is 0 Å². The summed E-state index contributed by atoms with van der Waals surface area (Å²) in [5.41, 5.74) is 1.82. The number of carbonyl (C=O) groups is 1. The van der Waals surface area contributed by atoms with Crippen molar-refractivity contribution in [2.24, 2.45) is 7.05 Å². The lowest BCUT2D eigenvalue weighted by Crippen LogP contribution is -2.33. The fourth-order valence-corrected chi connectivity index (χ4v) is 2.49. The summed E-state index contributed by atoms with van der Waals surface area (Å²) >= 11 is 0. The molecule has 1 aromatic carbocycles. The van der Waals surface area contributed by atoms with E-state index in [4.69, 9.17) is 0 Å². The van der Waals surface area contributed by atoms with E-state index in [2.05, 4.69) is 15.7 Å². The lowest BCUT2D eigenvalue weighted by molar-refractivity contribution is 0.249. The fourth-order valence-electron chi connectivity index (χ4n) is 2.49. The van der Waals surface area contributed by atoms with Gasteiger partial charge in [0.05, 0.1) is 11.7 Å². The van der Waals surface area contributed by atoms with Gasteiger partial charge in [0, 0.05) is 25.6 Å². The number of rotatable bonds is 4. The second kappa shape index (κ2) is 7.04. The van der Waals surface area contributed by atoms with Crippen LogP contribution in [-0.2, 0) is 7.05 Å². The average Bonchev–Trinajstić information content (AvgIpc) is 3.14. The predicted octanol–water partition coefficient (Wildman–Crippen LogP) is 2.45. The third kappa shape index (κ3) is 3.77. The van der Waals surface area contributed by atoms with Crippen LogP contribution in [0.4, 0.5) is 10.5 Å². The molecular weight excluding hydrogens is 318 g/mol. The fraction of sp³-hybridized carbons (Fsp3) is 0.167. The number of nitrogens with zero attached hydrogens (tertiary/aromatic N) is 3. The molecule has 1 atom stereocenters. The van der Waals surface area contributed by atoms with Crippen molar-refractivity contribution in [2.75, 3.05) is 5.32 Å². The number of amides is 2. The van der Waals surface area contributed by atoms with Gasteiger partial charge in [0.15, 0.2) is 0 Å². The highest BCUT2D eigenvalue weighted by atomic mass is 16.2. The van der Waals surface area contributed by atoms with E-state index in [1.807, 2.05) is 43.5 Å². The first kappa shape index (κ1) is 16.5. The van der Waals surface area contributed by atoms with Crippen molar-refractivity contribution in [1.29, 1.82) is 0 Å². The van der Waals surface area contributed by atoms with Gasteiger partial charge in [-0.3, -0.25) is 4.79 Å². The van der Waals surface area contributed by atoms with Crippen molar-refractivity contribution in [3.8, 4) is 5.69 Å². The highest BCUT2D eigenvalue weighted by Gasteiger charge is 2.12. The molecule has 0 unspecified atom stereocenters. The highest BCUT2D eigenvalue weighted by molar-refractivity contribution is 5.89. The number of aryl methyl sites for hydroxylation is 1. The first-order chi connectivity index (χ1) is 12.0. The zero-order valence-corrected chi connectivity index (χ0v) is 14.0. The lowest BCUT2D eigenvalue weighted by Gasteiger charge is -2.16. The molecular formula is C18H19N5O2. The Kier molecular flexibility index (Phi) is 4.65. The van der Waals surface area contributed by atoms with Gasteiger partial charge in [0.2, 0.25) is 0 Å². The number of nitrogens with one attached hydrogen (secondary N) is 2. The van der Waals surface area contributed by atoms with E-state index in [1.165, 1.54) is 4.57 Å². The molecule has 2 amide bonds. The van der Waals surface area contributed by atoms with Crippen LogP contribution in [0.15, 0.2) is 65.8 Å². The maximum atomic E-state index is 12.2. The van der Waals surface area contributed by atoms with Crippen molar-refractivity contribution in [1.82, 2.24) is 19.7 Å². The lowest BCUT2D eigenvalue weighted by atomic mass is 10.1. The molecule has 2 aromatic heterocycles. The van der Waals surface area contributed by atoms with Crippen LogP contribution in [-0.4, -0.2) is 20.4 Å². The normalized spacial score (nSPS) is 11.8. The van der Waals surface area contributed by atoms with Crippen molar-refractivity contribution >= 4 is 11.7 Å². The minimum atomic E-state index is -0.430. The topological polar surface area (TPSA) is 81.0 Å². The van der Waals surface area contributed by atoms with Crippen molar-refractivity contribution in [3.05, 3.63) is 77.0 Å². The summed E-state index contributed by atoms with van der Waals surface area (Å²) in [7, 11) is 1.63. The van der Waals surface area contributed by atoms with E-state index in [0.29, 0.717) is 0 Å². The van der Waals surface area contributed by atoms with Crippen LogP contribution in [0.5, 0.6) is 0 Å². The monoisotopic (exact) mass is 337 g/mol. The van der Waals surface area contributed by atoms with Crippen molar-refractivity contribution in [3.63, 3.8) is 0 Å². The summed E-state index contributed by atoms with van der Waals surface area (Å²) in [6.45, 7) is 1.88. The number of aromatic nitrogens is 3. The van der Waals surface area contributed by atoms with Crippen LogP contribution in [0.2, 0.25) is 0 Å². The van der Waals surface area contributed by atoms with Gasteiger partial charge in [-0.2, -0.15) is 5.10 Å². The Hall–Kier alpha value is -3.35.